The van der Waals surface area contributed by atoms with Crippen LogP contribution in [0.4, 0.5) is 8.78 Å². The standard InChI is InChI=1S/C16H25F2N/c1-12(2)10-19-11-16(3,4)8-7-13-5-6-14(17)9-15(13)18/h5-6,9,12,19H,7-8,10-11H2,1-4H3. The van der Waals surface area contributed by atoms with Crippen LogP contribution < -0.4 is 5.32 Å². The number of aryl methyl sites for hydroxylation is 1. The fourth-order valence-electron chi connectivity index (χ4n) is 1.99. The second kappa shape index (κ2) is 6.99. The van der Waals surface area contributed by atoms with Gasteiger partial charge in [-0.15, -0.1) is 0 Å². The molecule has 3 heteroatoms. The van der Waals surface area contributed by atoms with Crippen LogP contribution in [0, 0.1) is 23.0 Å². The van der Waals surface area contributed by atoms with Crippen LogP contribution >= 0.6 is 0 Å². The van der Waals surface area contributed by atoms with Crippen molar-refractivity contribution in [3.63, 3.8) is 0 Å². The van der Waals surface area contributed by atoms with Crippen molar-refractivity contribution in [1.82, 2.24) is 5.32 Å². The molecule has 1 aromatic rings. The minimum absolute atomic E-state index is 0.107. The number of rotatable bonds is 7. The van der Waals surface area contributed by atoms with E-state index >= 15 is 0 Å². The molecule has 0 bridgehead atoms. The Kier molecular flexibility index (Phi) is 5.92. The van der Waals surface area contributed by atoms with Gasteiger partial charge in [-0.25, -0.2) is 8.78 Å². The lowest BCUT2D eigenvalue weighted by Gasteiger charge is -2.25. The first-order valence-electron chi connectivity index (χ1n) is 6.95. The Morgan fingerprint density at radius 1 is 1.21 bits per heavy atom. The molecule has 1 N–H and O–H groups in total. The van der Waals surface area contributed by atoms with Gasteiger partial charge in [-0.05, 0) is 42.3 Å². The smallest absolute Gasteiger partial charge is 0.129 e. The van der Waals surface area contributed by atoms with E-state index in [-0.39, 0.29) is 5.41 Å². The lowest BCUT2D eigenvalue weighted by molar-refractivity contribution is 0.307. The van der Waals surface area contributed by atoms with Gasteiger partial charge in [0.05, 0.1) is 0 Å². The molecule has 0 unspecified atom stereocenters. The van der Waals surface area contributed by atoms with Crippen molar-refractivity contribution in [3.05, 3.63) is 35.4 Å². The van der Waals surface area contributed by atoms with E-state index in [4.69, 9.17) is 0 Å². The van der Waals surface area contributed by atoms with Crippen molar-refractivity contribution in [2.24, 2.45) is 11.3 Å². The summed E-state index contributed by atoms with van der Waals surface area (Å²) in [5, 5.41) is 3.43. The van der Waals surface area contributed by atoms with Crippen LogP contribution in [0.15, 0.2) is 18.2 Å². The van der Waals surface area contributed by atoms with Gasteiger partial charge in [0.2, 0.25) is 0 Å². The van der Waals surface area contributed by atoms with Crippen LogP contribution in [-0.2, 0) is 6.42 Å². The molecule has 0 amide bonds. The van der Waals surface area contributed by atoms with Crippen LogP contribution in [0.1, 0.15) is 39.7 Å². The van der Waals surface area contributed by atoms with E-state index in [0.717, 1.165) is 25.6 Å². The van der Waals surface area contributed by atoms with Crippen LogP contribution in [0.2, 0.25) is 0 Å². The molecule has 1 nitrogen and oxygen atoms in total. The predicted molar refractivity (Wildman–Crippen MR) is 76.2 cm³/mol. The molecule has 0 heterocycles. The maximum Gasteiger partial charge on any atom is 0.129 e. The highest BCUT2D eigenvalue weighted by atomic mass is 19.1. The van der Waals surface area contributed by atoms with E-state index in [0.29, 0.717) is 17.9 Å². The highest BCUT2D eigenvalue weighted by Crippen LogP contribution is 2.23. The first kappa shape index (κ1) is 16.1. The van der Waals surface area contributed by atoms with Gasteiger partial charge in [0.15, 0.2) is 0 Å². The maximum atomic E-state index is 13.5. The van der Waals surface area contributed by atoms with E-state index in [1.54, 1.807) is 6.07 Å². The summed E-state index contributed by atoms with van der Waals surface area (Å²) in [5.41, 5.74) is 0.703. The molecular formula is C16H25F2N. The third kappa shape index (κ3) is 6.15. The first-order chi connectivity index (χ1) is 8.80. The quantitative estimate of drug-likeness (QED) is 0.783. The molecule has 0 fully saturated rings. The average molecular weight is 269 g/mol. The van der Waals surface area contributed by atoms with Gasteiger partial charge in [0, 0.05) is 12.6 Å². The molecule has 0 radical (unpaired) electrons. The van der Waals surface area contributed by atoms with Crippen LogP contribution in [0.5, 0.6) is 0 Å². The van der Waals surface area contributed by atoms with E-state index in [1.807, 2.05) is 0 Å². The molecule has 108 valence electrons. The molecule has 0 spiro atoms. The molecule has 0 atom stereocenters. The summed E-state index contributed by atoms with van der Waals surface area (Å²) in [7, 11) is 0. The van der Waals surface area contributed by atoms with Gasteiger partial charge in [-0.3, -0.25) is 0 Å². The number of hydrogen-bond acceptors (Lipinski definition) is 1. The summed E-state index contributed by atoms with van der Waals surface area (Å²) in [4.78, 5) is 0. The van der Waals surface area contributed by atoms with E-state index in [2.05, 4.69) is 33.0 Å². The summed E-state index contributed by atoms with van der Waals surface area (Å²) < 4.78 is 26.3. The summed E-state index contributed by atoms with van der Waals surface area (Å²) in [5.74, 6) is -0.324. The van der Waals surface area contributed by atoms with Crippen LogP contribution in [0.25, 0.3) is 0 Å². The van der Waals surface area contributed by atoms with Gasteiger partial charge in [-0.2, -0.15) is 0 Å². The molecule has 0 aromatic heterocycles. The summed E-state index contributed by atoms with van der Waals surface area (Å²) >= 11 is 0. The fraction of sp³-hybridized carbons (Fsp3) is 0.625. The molecule has 0 saturated carbocycles. The second-order valence-electron chi connectivity index (χ2n) is 6.42. The fourth-order valence-corrected chi connectivity index (χ4v) is 1.99. The minimum atomic E-state index is -0.515. The van der Waals surface area contributed by atoms with Crippen molar-refractivity contribution in [1.29, 1.82) is 0 Å². The van der Waals surface area contributed by atoms with Crippen molar-refractivity contribution >= 4 is 0 Å². The molecule has 1 rings (SSSR count). The summed E-state index contributed by atoms with van der Waals surface area (Å²) in [6.07, 6.45) is 1.52. The molecule has 1 aromatic carbocycles. The first-order valence-corrected chi connectivity index (χ1v) is 6.95. The minimum Gasteiger partial charge on any atom is -0.316 e. The monoisotopic (exact) mass is 269 g/mol. The van der Waals surface area contributed by atoms with E-state index < -0.39 is 11.6 Å². The Bertz CT molecular complexity index is 400. The third-order valence-corrected chi connectivity index (χ3v) is 3.24. The maximum absolute atomic E-state index is 13.5. The molecule has 0 aliphatic rings. The Balaban J connectivity index is 2.45. The number of hydrogen-bond donors (Lipinski definition) is 1. The van der Waals surface area contributed by atoms with Crippen molar-refractivity contribution < 1.29 is 8.78 Å². The Labute approximate surface area is 115 Å². The molecule has 0 saturated heterocycles. The lowest BCUT2D eigenvalue weighted by Crippen LogP contribution is -2.32. The zero-order chi connectivity index (χ0) is 14.5. The third-order valence-electron chi connectivity index (χ3n) is 3.24. The Hall–Kier alpha value is -0.960. The van der Waals surface area contributed by atoms with Gasteiger partial charge in [0.25, 0.3) is 0 Å². The Morgan fingerprint density at radius 2 is 1.89 bits per heavy atom. The number of benzene rings is 1. The SMILES string of the molecule is CC(C)CNCC(C)(C)CCc1ccc(F)cc1F. The van der Waals surface area contributed by atoms with Crippen molar-refractivity contribution in [2.45, 2.75) is 40.5 Å². The largest absolute Gasteiger partial charge is 0.316 e. The predicted octanol–water partition coefficient (Wildman–Crippen LogP) is 4.17. The normalized spacial score (nSPS) is 12.2. The van der Waals surface area contributed by atoms with Gasteiger partial charge in [0.1, 0.15) is 11.6 Å². The summed E-state index contributed by atoms with van der Waals surface area (Å²) in [6, 6.07) is 3.82. The molecular weight excluding hydrogens is 244 g/mol. The van der Waals surface area contributed by atoms with E-state index in [9.17, 15) is 8.78 Å². The Morgan fingerprint density at radius 3 is 2.47 bits per heavy atom. The van der Waals surface area contributed by atoms with Gasteiger partial charge < -0.3 is 5.32 Å². The highest BCUT2D eigenvalue weighted by molar-refractivity contribution is 5.18. The molecule has 0 aliphatic carbocycles. The van der Waals surface area contributed by atoms with Crippen LogP contribution in [-0.4, -0.2) is 13.1 Å². The zero-order valence-corrected chi connectivity index (χ0v) is 12.4. The second-order valence-corrected chi connectivity index (χ2v) is 6.42. The molecule has 19 heavy (non-hydrogen) atoms. The molecule has 0 aliphatic heterocycles. The topological polar surface area (TPSA) is 12.0 Å². The van der Waals surface area contributed by atoms with E-state index in [1.165, 1.54) is 6.07 Å². The van der Waals surface area contributed by atoms with Gasteiger partial charge >= 0.3 is 0 Å². The lowest BCUT2D eigenvalue weighted by atomic mass is 9.86. The van der Waals surface area contributed by atoms with Crippen molar-refractivity contribution in [2.75, 3.05) is 13.1 Å². The van der Waals surface area contributed by atoms with Gasteiger partial charge in [-0.1, -0.05) is 33.8 Å². The number of nitrogens with one attached hydrogen (secondary N) is 1. The van der Waals surface area contributed by atoms with Crippen LogP contribution in [0.3, 0.4) is 0 Å². The van der Waals surface area contributed by atoms with Crippen molar-refractivity contribution in [3.8, 4) is 0 Å². The average Bonchev–Trinajstić information content (AvgIpc) is 2.27. The number of halogens is 2. The summed E-state index contributed by atoms with van der Waals surface area (Å²) in [6.45, 7) is 10.6. The zero-order valence-electron chi connectivity index (χ0n) is 12.4. The highest BCUT2D eigenvalue weighted by Gasteiger charge is 2.18.